The third-order valence-corrected chi connectivity index (χ3v) is 4.81. The van der Waals surface area contributed by atoms with Gasteiger partial charge in [0.15, 0.2) is 17.4 Å². The molecule has 3 aromatic rings. The first-order valence-electron chi connectivity index (χ1n) is 9.63. The molecule has 1 aromatic heterocycles. The molecule has 1 atom stereocenters. The predicted octanol–water partition coefficient (Wildman–Crippen LogP) is 2.97. The van der Waals surface area contributed by atoms with Gasteiger partial charge in [-0.2, -0.15) is 0 Å². The number of nitrogens with two attached hydrogens (primary N) is 1. The Morgan fingerprint density at radius 1 is 1.10 bits per heavy atom. The Morgan fingerprint density at radius 3 is 2.61 bits per heavy atom. The van der Waals surface area contributed by atoms with Crippen molar-refractivity contribution in [1.29, 1.82) is 0 Å². The molecule has 0 aliphatic carbocycles. The molecule has 156 valence electrons. The normalized spacial score (nSPS) is 15.1. The third kappa shape index (κ3) is 4.23. The molecule has 8 heteroatoms. The Bertz CT molecular complexity index is 1160. The molecule has 0 fully saturated rings. The molecule has 2 aromatic carbocycles. The number of benzene rings is 2. The van der Waals surface area contributed by atoms with Crippen molar-refractivity contribution in [2.24, 2.45) is 0 Å². The highest BCUT2D eigenvalue weighted by Crippen LogP contribution is 2.38. The second-order valence-electron chi connectivity index (χ2n) is 7.08. The van der Waals surface area contributed by atoms with Gasteiger partial charge in [-0.15, -0.1) is 0 Å². The quantitative estimate of drug-likeness (QED) is 0.618. The van der Waals surface area contributed by atoms with Crippen LogP contribution in [-0.4, -0.2) is 29.1 Å². The molecule has 4 rings (SSSR count). The second-order valence-corrected chi connectivity index (χ2v) is 7.08. The van der Waals surface area contributed by atoms with Gasteiger partial charge in [0.05, 0.1) is 0 Å². The topological polar surface area (TPSA) is 115 Å². The molecule has 0 spiro atoms. The van der Waals surface area contributed by atoms with E-state index in [0.717, 1.165) is 0 Å². The van der Waals surface area contributed by atoms with Crippen LogP contribution < -0.4 is 20.7 Å². The summed E-state index contributed by atoms with van der Waals surface area (Å²) in [4.78, 5) is 43.0. The van der Waals surface area contributed by atoms with Gasteiger partial charge >= 0.3 is 0 Å². The van der Waals surface area contributed by atoms with Gasteiger partial charge < -0.3 is 15.8 Å². The fraction of sp³-hybridized carbons (Fsp3) is 0.130. The smallest absolute Gasteiger partial charge is 0.274 e. The fourth-order valence-corrected chi connectivity index (χ4v) is 3.31. The van der Waals surface area contributed by atoms with Crippen molar-refractivity contribution in [3.8, 4) is 5.75 Å². The first kappa shape index (κ1) is 20.1. The number of nitrogens with zero attached hydrogens (tertiary/aromatic N) is 2. The summed E-state index contributed by atoms with van der Waals surface area (Å²) in [5, 5.41) is 2.72. The number of fused-ring (bicyclic) bond motifs is 1. The minimum absolute atomic E-state index is 0.112. The molecule has 0 radical (unpaired) electrons. The summed E-state index contributed by atoms with van der Waals surface area (Å²) in [7, 11) is 0. The minimum Gasteiger partial charge on any atom is -0.472 e. The van der Waals surface area contributed by atoms with E-state index >= 15 is 0 Å². The maximum atomic E-state index is 13.2. The van der Waals surface area contributed by atoms with Crippen LogP contribution in [-0.2, 0) is 9.59 Å². The van der Waals surface area contributed by atoms with E-state index in [1.54, 1.807) is 48.5 Å². The van der Waals surface area contributed by atoms with Crippen molar-refractivity contribution in [2.45, 2.75) is 13.0 Å². The number of rotatable bonds is 5. The van der Waals surface area contributed by atoms with Gasteiger partial charge in [0.25, 0.3) is 5.91 Å². The summed E-state index contributed by atoms with van der Waals surface area (Å²) in [6.45, 7) is 1.16. The van der Waals surface area contributed by atoms with E-state index in [2.05, 4.69) is 10.3 Å². The van der Waals surface area contributed by atoms with Crippen molar-refractivity contribution < 1.29 is 19.1 Å². The minimum atomic E-state index is -0.909. The largest absolute Gasteiger partial charge is 0.472 e. The van der Waals surface area contributed by atoms with E-state index in [9.17, 15) is 14.4 Å². The van der Waals surface area contributed by atoms with Crippen molar-refractivity contribution in [3.05, 3.63) is 77.9 Å². The van der Waals surface area contributed by atoms with E-state index in [1.165, 1.54) is 11.8 Å². The van der Waals surface area contributed by atoms with Crippen LogP contribution in [0.1, 0.15) is 28.9 Å². The molecular formula is C23H20N4O4. The monoisotopic (exact) mass is 416 g/mol. The van der Waals surface area contributed by atoms with Crippen LogP contribution in [0.2, 0.25) is 0 Å². The Hall–Kier alpha value is -4.20. The number of ketones is 1. The number of Topliss-reactive ketones (excluding diaryl/α,β-unsaturated/α-hetero) is 1. The van der Waals surface area contributed by atoms with Crippen molar-refractivity contribution in [3.63, 3.8) is 0 Å². The van der Waals surface area contributed by atoms with Crippen LogP contribution in [0.3, 0.4) is 0 Å². The SMILES string of the molecule is CC(=O)c1cccc(NC(=O)CN2C(=O)C(c3ccccc3)Oc3ccc(N)nc32)c1. The van der Waals surface area contributed by atoms with E-state index in [1.807, 2.05) is 18.2 Å². The maximum absolute atomic E-state index is 13.2. The average molecular weight is 416 g/mol. The predicted molar refractivity (Wildman–Crippen MR) is 116 cm³/mol. The zero-order valence-corrected chi connectivity index (χ0v) is 16.7. The Kier molecular flexibility index (Phi) is 5.36. The molecule has 0 saturated carbocycles. The van der Waals surface area contributed by atoms with Crippen molar-refractivity contribution >= 4 is 34.9 Å². The number of nitrogen functional groups attached to an aromatic ring is 1. The van der Waals surface area contributed by atoms with Gasteiger partial charge in [0.2, 0.25) is 12.0 Å². The molecule has 1 aliphatic rings. The number of carbonyl (C=O) groups is 3. The standard InChI is InChI=1S/C23H20N4O4/c1-14(28)16-8-5-9-17(12-16)25-20(29)13-27-22-18(10-11-19(24)26-22)31-21(23(27)30)15-6-3-2-4-7-15/h2-12,21H,13H2,1H3,(H2,24,26)(H,25,29). The van der Waals surface area contributed by atoms with E-state index in [0.29, 0.717) is 22.6 Å². The van der Waals surface area contributed by atoms with Gasteiger partial charge in [-0.1, -0.05) is 42.5 Å². The number of carbonyl (C=O) groups excluding carboxylic acids is 3. The van der Waals surface area contributed by atoms with Gasteiger partial charge in [-0.25, -0.2) is 4.98 Å². The van der Waals surface area contributed by atoms with Crippen molar-refractivity contribution in [2.75, 3.05) is 22.5 Å². The van der Waals surface area contributed by atoms with Gasteiger partial charge in [-0.3, -0.25) is 19.3 Å². The summed E-state index contributed by atoms with van der Waals surface area (Å²) in [5.41, 5.74) is 7.39. The van der Waals surface area contributed by atoms with Gasteiger partial charge in [-0.05, 0) is 31.2 Å². The van der Waals surface area contributed by atoms with E-state index in [-0.39, 0.29) is 24.0 Å². The van der Waals surface area contributed by atoms with E-state index < -0.39 is 17.9 Å². The number of nitrogens with one attached hydrogen (secondary N) is 1. The summed E-state index contributed by atoms with van der Waals surface area (Å²) in [5.74, 6) is -0.243. The number of anilines is 3. The van der Waals surface area contributed by atoms with Crippen LogP contribution in [0.4, 0.5) is 17.3 Å². The number of ether oxygens (including phenoxy) is 1. The average Bonchev–Trinajstić information content (AvgIpc) is 2.76. The Morgan fingerprint density at radius 2 is 1.87 bits per heavy atom. The number of hydrogen-bond donors (Lipinski definition) is 2. The molecule has 3 N–H and O–H groups in total. The molecular weight excluding hydrogens is 396 g/mol. The van der Waals surface area contributed by atoms with Crippen molar-refractivity contribution in [1.82, 2.24) is 4.98 Å². The van der Waals surface area contributed by atoms with E-state index in [4.69, 9.17) is 10.5 Å². The lowest BCUT2D eigenvalue weighted by atomic mass is 10.1. The van der Waals surface area contributed by atoms with Gasteiger partial charge in [0, 0.05) is 16.8 Å². The molecule has 2 amide bonds. The highest BCUT2D eigenvalue weighted by Gasteiger charge is 2.37. The maximum Gasteiger partial charge on any atom is 0.274 e. The van der Waals surface area contributed by atoms with Gasteiger partial charge in [0.1, 0.15) is 12.4 Å². The summed E-state index contributed by atoms with van der Waals surface area (Å²) >= 11 is 0. The zero-order valence-electron chi connectivity index (χ0n) is 16.7. The number of pyridine rings is 1. The number of amides is 2. The number of hydrogen-bond acceptors (Lipinski definition) is 6. The first-order valence-corrected chi connectivity index (χ1v) is 9.63. The lowest BCUT2D eigenvalue weighted by molar-refractivity contribution is -0.128. The second kappa shape index (κ2) is 8.27. The molecule has 0 saturated heterocycles. The Balaban J connectivity index is 1.61. The first-order chi connectivity index (χ1) is 14.9. The molecule has 8 nitrogen and oxygen atoms in total. The molecule has 2 heterocycles. The summed E-state index contributed by atoms with van der Waals surface area (Å²) in [6, 6.07) is 18.8. The molecule has 1 unspecified atom stereocenters. The molecule has 0 bridgehead atoms. The zero-order chi connectivity index (χ0) is 22.0. The fourth-order valence-electron chi connectivity index (χ4n) is 3.31. The molecule has 31 heavy (non-hydrogen) atoms. The van der Waals surface area contributed by atoms with Crippen LogP contribution in [0.15, 0.2) is 66.7 Å². The highest BCUT2D eigenvalue weighted by atomic mass is 16.5. The lowest BCUT2D eigenvalue weighted by Crippen LogP contribution is -2.45. The number of aromatic nitrogens is 1. The van der Waals surface area contributed by atoms with Crippen LogP contribution in [0.5, 0.6) is 5.75 Å². The van der Waals surface area contributed by atoms with Crippen LogP contribution in [0.25, 0.3) is 0 Å². The summed E-state index contributed by atoms with van der Waals surface area (Å²) < 4.78 is 5.88. The Labute approximate surface area is 178 Å². The lowest BCUT2D eigenvalue weighted by Gasteiger charge is -2.33. The molecule has 1 aliphatic heterocycles. The highest BCUT2D eigenvalue weighted by molar-refractivity contribution is 6.06. The third-order valence-electron chi connectivity index (χ3n) is 4.81. The van der Waals surface area contributed by atoms with Crippen LogP contribution in [0, 0.1) is 0 Å². The summed E-state index contributed by atoms with van der Waals surface area (Å²) in [6.07, 6.45) is -0.909. The van der Waals surface area contributed by atoms with Crippen LogP contribution >= 0.6 is 0 Å².